The van der Waals surface area contributed by atoms with Gasteiger partial charge in [-0.05, 0) is 5.25 Å². The molecular formula is C11H17N3O3S. The van der Waals surface area contributed by atoms with Crippen molar-refractivity contribution in [2.75, 3.05) is 5.75 Å². The van der Waals surface area contributed by atoms with Gasteiger partial charge in [0.05, 0.1) is 12.1 Å². The van der Waals surface area contributed by atoms with Crippen molar-refractivity contribution in [1.82, 2.24) is 15.3 Å². The van der Waals surface area contributed by atoms with Crippen LogP contribution in [0.25, 0.3) is 0 Å². The zero-order valence-electron chi connectivity index (χ0n) is 10.3. The first kappa shape index (κ1) is 14.6. The lowest BCUT2D eigenvalue weighted by Gasteiger charge is -2.14. The van der Waals surface area contributed by atoms with Crippen LogP contribution in [0.2, 0.25) is 0 Å². The van der Waals surface area contributed by atoms with Crippen molar-refractivity contribution in [2.45, 2.75) is 31.6 Å². The maximum Gasteiger partial charge on any atom is 0.326 e. The molecule has 100 valence electrons. The van der Waals surface area contributed by atoms with E-state index in [9.17, 15) is 9.59 Å². The van der Waals surface area contributed by atoms with E-state index in [0.29, 0.717) is 10.9 Å². The summed E-state index contributed by atoms with van der Waals surface area (Å²) in [5, 5.41) is 11.9. The second kappa shape index (κ2) is 7.05. The van der Waals surface area contributed by atoms with E-state index in [2.05, 4.69) is 15.3 Å². The average Bonchev–Trinajstić information content (AvgIpc) is 2.78. The SMILES string of the molecule is CC(C)SCC(=O)N[C@H](Cc1cnc[nH]1)C(=O)O. The molecule has 6 nitrogen and oxygen atoms in total. The monoisotopic (exact) mass is 271 g/mol. The molecule has 1 rings (SSSR count). The molecule has 1 aromatic heterocycles. The highest BCUT2D eigenvalue weighted by atomic mass is 32.2. The fraction of sp³-hybridized carbons (Fsp3) is 0.545. The van der Waals surface area contributed by atoms with E-state index in [1.165, 1.54) is 18.1 Å². The van der Waals surface area contributed by atoms with Crippen LogP contribution in [-0.2, 0) is 16.0 Å². The molecule has 3 N–H and O–H groups in total. The van der Waals surface area contributed by atoms with Crippen molar-refractivity contribution in [2.24, 2.45) is 0 Å². The standard InChI is InChI=1S/C11H17N3O3S/c1-7(2)18-5-10(15)14-9(11(16)17)3-8-4-12-6-13-8/h4,6-7,9H,3,5H2,1-2H3,(H,12,13)(H,14,15)(H,16,17)/t9-/m1/s1. The minimum absolute atomic E-state index is 0.202. The molecule has 0 unspecified atom stereocenters. The smallest absolute Gasteiger partial charge is 0.326 e. The number of aromatic amines is 1. The van der Waals surface area contributed by atoms with E-state index in [1.807, 2.05) is 13.8 Å². The highest BCUT2D eigenvalue weighted by molar-refractivity contribution is 8.00. The first-order valence-electron chi connectivity index (χ1n) is 5.60. The van der Waals surface area contributed by atoms with Gasteiger partial charge in [0, 0.05) is 18.3 Å². The summed E-state index contributed by atoms with van der Waals surface area (Å²) in [4.78, 5) is 29.2. The molecule has 0 saturated carbocycles. The number of carbonyl (C=O) groups is 2. The van der Waals surface area contributed by atoms with Crippen LogP contribution in [0.1, 0.15) is 19.5 Å². The molecule has 0 fully saturated rings. The lowest BCUT2D eigenvalue weighted by Crippen LogP contribution is -2.43. The van der Waals surface area contributed by atoms with E-state index in [-0.39, 0.29) is 18.1 Å². The molecule has 1 amide bonds. The van der Waals surface area contributed by atoms with Crippen molar-refractivity contribution < 1.29 is 14.7 Å². The summed E-state index contributed by atoms with van der Waals surface area (Å²) >= 11 is 1.48. The van der Waals surface area contributed by atoms with E-state index in [0.717, 1.165) is 0 Å². The Hall–Kier alpha value is -1.50. The van der Waals surface area contributed by atoms with Crippen molar-refractivity contribution in [3.63, 3.8) is 0 Å². The minimum atomic E-state index is -1.05. The van der Waals surface area contributed by atoms with Gasteiger partial charge in [0.1, 0.15) is 6.04 Å². The maximum absolute atomic E-state index is 11.6. The Bertz CT molecular complexity index is 392. The zero-order chi connectivity index (χ0) is 13.5. The average molecular weight is 271 g/mol. The lowest BCUT2D eigenvalue weighted by molar-refractivity contribution is -0.141. The van der Waals surface area contributed by atoms with E-state index in [1.54, 1.807) is 6.20 Å². The van der Waals surface area contributed by atoms with Gasteiger partial charge >= 0.3 is 5.97 Å². The van der Waals surface area contributed by atoms with Gasteiger partial charge in [-0.25, -0.2) is 9.78 Å². The highest BCUT2D eigenvalue weighted by Crippen LogP contribution is 2.08. The summed E-state index contributed by atoms with van der Waals surface area (Å²) < 4.78 is 0. The lowest BCUT2D eigenvalue weighted by atomic mass is 10.1. The molecule has 0 saturated heterocycles. The Labute approximate surface area is 110 Å². The molecule has 0 bridgehead atoms. The van der Waals surface area contributed by atoms with Gasteiger partial charge in [-0.3, -0.25) is 4.79 Å². The Balaban J connectivity index is 2.48. The number of aliphatic carboxylic acids is 1. The molecule has 1 heterocycles. The molecule has 1 atom stereocenters. The van der Waals surface area contributed by atoms with Crippen molar-refractivity contribution in [3.8, 4) is 0 Å². The fourth-order valence-corrected chi connectivity index (χ4v) is 1.86. The largest absolute Gasteiger partial charge is 0.480 e. The third-order valence-electron chi connectivity index (χ3n) is 2.16. The first-order valence-corrected chi connectivity index (χ1v) is 6.65. The van der Waals surface area contributed by atoms with E-state index in [4.69, 9.17) is 5.11 Å². The van der Waals surface area contributed by atoms with Gasteiger partial charge in [-0.2, -0.15) is 0 Å². The van der Waals surface area contributed by atoms with Crippen molar-refractivity contribution >= 4 is 23.6 Å². The number of thioether (sulfide) groups is 1. The van der Waals surface area contributed by atoms with Crippen LogP contribution in [0, 0.1) is 0 Å². The Morgan fingerprint density at radius 3 is 2.78 bits per heavy atom. The second-order valence-corrected chi connectivity index (χ2v) is 5.66. The maximum atomic E-state index is 11.6. The summed E-state index contributed by atoms with van der Waals surface area (Å²) in [6, 6.07) is -0.925. The summed E-state index contributed by atoms with van der Waals surface area (Å²) in [5.41, 5.74) is 0.680. The third kappa shape index (κ3) is 5.22. The molecule has 0 aromatic carbocycles. The number of hydrogen-bond acceptors (Lipinski definition) is 4. The van der Waals surface area contributed by atoms with E-state index < -0.39 is 12.0 Å². The van der Waals surface area contributed by atoms with Gasteiger partial charge in [0.25, 0.3) is 0 Å². The van der Waals surface area contributed by atoms with Crippen LogP contribution < -0.4 is 5.32 Å². The third-order valence-corrected chi connectivity index (χ3v) is 3.26. The molecule has 0 aliphatic carbocycles. The first-order chi connectivity index (χ1) is 8.49. The van der Waals surface area contributed by atoms with Crippen LogP contribution >= 0.6 is 11.8 Å². The van der Waals surface area contributed by atoms with E-state index >= 15 is 0 Å². The van der Waals surface area contributed by atoms with Gasteiger partial charge in [-0.1, -0.05) is 13.8 Å². The van der Waals surface area contributed by atoms with Crippen LogP contribution in [0.5, 0.6) is 0 Å². The van der Waals surface area contributed by atoms with Crippen LogP contribution in [0.4, 0.5) is 0 Å². The molecule has 7 heteroatoms. The molecule has 1 aromatic rings. The number of carboxylic acids is 1. The molecular weight excluding hydrogens is 254 g/mol. The minimum Gasteiger partial charge on any atom is -0.480 e. The van der Waals surface area contributed by atoms with Crippen molar-refractivity contribution in [3.05, 3.63) is 18.2 Å². The number of carboxylic acid groups (broad SMARTS) is 1. The topological polar surface area (TPSA) is 95.1 Å². The van der Waals surface area contributed by atoms with Crippen LogP contribution in [-0.4, -0.2) is 44.0 Å². The van der Waals surface area contributed by atoms with Gasteiger partial charge < -0.3 is 15.4 Å². The predicted molar refractivity (Wildman–Crippen MR) is 69.5 cm³/mol. The molecule has 0 radical (unpaired) electrons. The Kier molecular flexibility index (Phi) is 5.70. The van der Waals surface area contributed by atoms with Crippen LogP contribution in [0.15, 0.2) is 12.5 Å². The normalized spacial score (nSPS) is 12.4. The number of carbonyl (C=O) groups excluding carboxylic acids is 1. The molecule has 0 aliphatic heterocycles. The quantitative estimate of drug-likeness (QED) is 0.677. The predicted octanol–water partition coefficient (Wildman–Crippen LogP) is 0.663. The number of nitrogens with one attached hydrogen (secondary N) is 2. The number of nitrogens with zero attached hydrogens (tertiary/aromatic N) is 1. The van der Waals surface area contributed by atoms with Gasteiger partial charge in [0.2, 0.25) is 5.91 Å². The molecule has 0 aliphatic rings. The zero-order valence-corrected chi connectivity index (χ0v) is 11.2. The second-order valence-electron chi connectivity index (χ2n) is 4.10. The van der Waals surface area contributed by atoms with Crippen LogP contribution in [0.3, 0.4) is 0 Å². The number of imidazole rings is 1. The number of hydrogen-bond donors (Lipinski definition) is 3. The summed E-state index contributed by atoms with van der Waals surface area (Å²) in [6.45, 7) is 3.97. The van der Waals surface area contributed by atoms with Gasteiger partial charge in [-0.15, -0.1) is 11.8 Å². The number of amides is 1. The molecule has 0 spiro atoms. The van der Waals surface area contributed by atoms with Gasteiger partial charge in [0.15, 0.2) is 0 Å². The number of rotatable bonds is 7. The number of aromatic nitrogens is 2. The summed E-state index contributed by atoms with van der Waals surface area (Å²) in [7, 11) is 0. The highest BCUT2D eigenvalue weighted by Gasteiger charge is 2.20. The number of H-pyrrole nitrogens is 1. The molecule has 18 heavy (non-hydrogen) atoms. The van der Waals surface area contributed by atoms with Crippen molar-refractivity contribution in [1.29, 1.82) is 0 Å². The Morgan fingerprint density at radius 1 is 1.56 bits per heavy atom. The Morgan fingerprint density at radius 2 is 2.28 bits per heavy atom. The summed E-state index contributed by atoms with van der Waals surface area (Å²) in [5.74, 6) is -1.04. The fourth-order valence-electron chi connectivity index (χ4n) is 1.29. The summed E-state index contributed by atoms with van der Waals surface area (Å²) in [6.07, 6.45) is 3.23.